The molecule has 0 bridgehead atoms. The number of hydrogen-bond donors (Lipinski definition) is 1. The molecule has 4 heteroatoms. The van der Waals surface area contributed by atoms with Crippen molar-refractivity contribution in [3.8, 4) is 11.3 Å². The summed E-state index contributed by atoms with van der Waals surface area (Å²) in [7, 11) is 2.08. The summed E-state index contributed by atoms with van der Waals surface area (Å²) in [5.41, 5.74) is 10.1. The van der Waals surface area contributed by atoms with Gasteiger partial charge < -0.3 is 10.3 Å². The maximum atomic E-state index is 5.62. The molecule has 2 aromatic heterocycles. The average Bonchev–Trinajstić information content (AvgIpc) is 2.72. The van der Waals surface area contributed by atoms with Crippen LogP contribution in [0.3, 0.4) is 0 Å². The Morgan fingerprint density at radius 1 is 1.21 bits per heavy atom. The van der Waals surface area contributed by atoms with Crippen LogP contribution in [0.1, 0.15) is 11.5 Å². The molecule has 0 fully saturated rings. The van der Waals surface area contributed by atoms with E-state index in [4.69, 9.17) is 5.73 Å². The lowest BCUT2D eigenvalue weighted by atomic mass is 10.1. The minimum atomic E-state index is 0.359. The SMILES string of the molecule is Cc1c(-c2ccnc(CN)n2)c2ccccc2n1C. The van der Waals surface area contributed by atoms with Crippen LogP contribution in [-0.4, -0.2) is 14.5 Å². The van der Waals surface area contributed by atoms with Gasteiger partial charge in [-0.1, -0.05) is 18.2 Å². The molecule has 3 rings (SSSR count). The zero-order chi connectivity index (χ0) is 13.4. The van der Waals surface area contributed by atoms with Crippen LogP contribution in [-0.2, 0) is 13.6 Å². The highest BCUT2D eigenvalue weighted by Crippen LogP contribution is 2.32. The third-order valence-electron chi connectivity index (χ3n) is 3.54. The molecule has 2 heterocycles. The Bertz CT molecular complexity index is 743. The van der Waals surface area contributed by atoms with E-state index in [-0.39, 0.29) is 0 Å². The number of hydrogen-bond acceptors (Lipinski definition) is 3. The zero-order valence-electron chi connectivity index (χ0n) is 11.1. The molecule has 19 heavy (non-hydrogen) atoms. The Hall–Kier alpha value is -2.20. The van der Waals surface area contributed by atoms with Crippen molar-refractivity contribution >= 4 is 10.9 Å². The van der Waals surface area contributed by atoms with E-state index in [1.54, 1.807) is 6.20 Å². The van der Waals surface area contributed by atoms with Crippen LogP contribution in [0.5, 0.6) is 0 Å². The van der Waals surface area contributed by atoms with E-state index >= 15 is 0 Å². The van der Waals surface area contributed by atoms with Gasteiger partial charge in [0.1, 0.15) is 5.82 Å². The third-order valence-corrected chi connectivity index (χ3v) is 3.54. The summed E-state index contributed by atoms with van der Waals surface area (Å²) in [5.74, 6) is 0.671. The van der Waals surface area contributed by atoms with Gasteiger partial charge in [0.05, 0.1) is 12.2 Å². The van der Waals surface area contributed by atoms with Crippen molar-refractivity contribution in [1.82, 2.24) is 14.5 Å². The average molecular weight is 252 g/mol. The van der Waals surface area contributed by atoms with Gasteiger partial charge in [-0.2, -0.15) is 0 Å². The van der Waals surface area contributed by atoms with Crippen LogP contribution >= 0.6 is 0 Å². The smallest absolute Gasteiger partial charge is 0.142 e. The molecule has 96 valence electrons. The minimum Gasteiger partial charge on any atom is -0.347 e. The second kappa shape index (κ2) is 4.48. The first kappa shape index (κ1) is 11.9. The first-order chi connectivity index (χ1) is 9.22. The van der Waals surface area contributed by atoms with E-state index in [9.17, 15) is 0 Å². The second-order valence-corrected chi connectivity index (χ2v) is 4.60. The van der Waals surface area contributed by atoms with Crippen molar-refractivity contribution in [2.75, 3.05) is 0 Å². The second-order valence-electron chi connectivity index (χ2n) is 4.60. The molecular weight excluding hydrogens is 236 g/mol. The normalized spacial score (nSPS) is 11.1. The minimum absolute atomic E-state index is 0.359. The molecule has 0 spiro atoms. The Labute approximate surface area is 111 Å². The predicted molar refractivity (Wildman–Crippen MR) is 76.6 cm³/mol. The van der Waals surface area contributed by atoms with Crippen LogP contribution in [0.2, 0.25) is 0 Å². The number of rotatable bonds is 2. The van der Waals surface area contributed by atoms with Gasteiger partial charge in [-0.15, -0.1) is 0 Å². The van der Waals surface area contributed by atoms with Crippen LogP contribution in [0.4, 0.5) is 0 Å². The predicted octanol–water partition coefficient (Wildman–Crippen LogP) is 2.40. The summed E-state index contributed by atoms with van der Waals surface area (Å²) >= 11 is 0. The third kappa shape index (κ3) is 1.81. The lowest BCUT2D eigenvalue weighted by Gasteiger charge is -2.03. The summed E-state index contributed by atoms with van der Waals surface area (Å²) in [5, 5.41) is 1.21. The number of aromatic nitrogens is 3. The molecule has 0 unspecified atom stereocenters. The van der Waals surface area contributed by atoms with Gasteiger partial charge in [0.25, 0.3) is 0 Å². The molecule has 0 atom stereocenters. The van der Waals surface area contributed by atoms with E-state index in [0.717, 1.165) is 11.3 Å². The number of nitrogens with zero attached hydrogens (tertiary/aromatic N) is 3. The Kier molecular flexibility index (Phi) is 2.80. The van der Waals surface area contributed by atoms with E-state index in [2.05, 4.69) is 52.8 Å². The van der Waals surface area contributed by atoms with Crippen LogP contribution in [0, 0.1) is 6.92 Å². The zero-order valence-corrected chi connectivity index (χ0v) is 11.1. The Balaban J connectivity index is 2.32. The molecule has 4 nitrogen and oxygen atoms in total. The van der Waals surface area contributed by atoms with Crippen LogP contribution in [0.15, 0.2) is 36.5 Å². The first-order valence-corrected chi connectivity index (χ1v) is 6.28. The van der Waals surface area contributed by atoms with Crippen molar-refractivity contribution in [2.45, 2.75) is 13.5 Å². The highest BCUT2D eigenvalue weighted by molar-refractivity contribution is 5.97. The monoisotopic (exact) mass is 252 g/mol. The van der Waals surface area contributed by atoms with Crippen molar-refractivity contribution in [3.05, 3.63) is 48.0 Å². The Morgan fingerprint density at radius 3 is 2.79 bits per heavy atom. The molecule has 3 aromatic rings. The number of benzene rings is 1. The molecule has 0 saturated heterocycles. The number of para-hydroxylation sites is 1. The molecule has 0 aliphatic carbocycles. The fourth-order valence-corrected chi connectivity index (χ4v) is 2.48. The van der Waals surface area contributed by atoms with Crippen molar-refractivity contribution in [3.63, 3.8) is 0 Å². The van der Waals surface area contributed by atoms with E-state index in [0.29, 0.717) is 12.4 Å². The van der Waals surface area contributed by atoms with Gasteiger partial charge in [-0.25, -0.2) is 9.97 Å². The molecule has 2 N–H and O–H groups in total. The maximum absolute atomic E-state index is 5.62. The van der Waals surface area contributed by atoms with Gasteiger partial charge in [-0.05, 0) is 19.1 Å². The standard InChI is InChI=1S/C15H16N4/c1-10-15(12-7-8-17-14(9-16)18-12)11-5-3-4-6-13(11)19(10)2/h3-8H,9,16H2,1-2H3. The van der Waals surface area contributed by atoms with Crippen molar-refractivity contribution in [1.29, 1.82) is 0 Å². The molecule has 0 saturated carbocycles. The summed E-state index contributed by atoms with van der Waals surface area (Å²) in [4.78, 5) is 8.69. The fourth-order valence-electron chi connectivity index (χ4n) is 2.48. The summed E-state index contributed by atoms with van der Waals surface area (Å²) in [6.45, 7) is 2.47. The van der Waals surface area contributed by atoms with Gasteiger partial charge >= 0.3 is 0 Å². The highest BCUT2D eigenvalue weighted by Gasteiger charge is 2.14. The molecule has 0 aliphatic heterocycles. The lowest BCUT2D eigenvalue weighted by Crippen LogP contribution is -2.03. The first-order valence-electron chi connectivity index (χ1n) is 6.28. The van der Waals surface area contributed by atoms with E-state index < -0.39 is 0 Å². The summed E-state index contributed by atoms with van der Waals surface area (Å²) in [6, 6.07) is 10.3. The van der Waals surface area contributed by atoms with Gasteiger partial charge in [0.15, 0.2) is 0 Å². The number of nitrogens with two attached hydrogens (primary N) is 1. The molecule has 0 aliphatic rings. The largest absolute Gasteiger partial charge is 0.347 e. The Morgan fingerprint density at radius 2 is 2.00 bits per heavy atom. The molecule has 0 amide bonds. The van der Waals surface area contributed by atoms with Crippen molar-refractivity contribution in [2.24, 2.45) is 12.8 Å². The van der Waals surface area contributed by atoms with E-state index in [1.165, 1.54) is 16.6 Å². The fraction of sp³-hybridized carbons (Fsp3) is 0.200. The topological polar surface area (TPSA) is 56.7 Å². The molecule has 0 radical (unpaired) electrons. The highest BCUT2D eigenvalue weighted by atomic mass is 15.0. The van der Waals surface area contributed by atoms with E-state index in [1.807, 2.05) is 6.07 Å². The van der Waals surface area contributed by atoms with Gasteiger partial charge in [0.2, 0.25) is 0 Å². The summed E-state index contributed by atoms with van der Waals surface area (Å²) < 4.78 is 2.19. The quantitative estimate of drug-likeness (QED) is 0.762. The maximum Gasteiger partial charge on any atom is 0.142 e. The lowest BCUT2D eigenvalue weighted by molar-refractivity contribution is 0.903. The van der Waals surface area contributed by atoms with Gasteiger partial charge in [-0.3, -0.25) is 0 Å². The molecular formula is C15H16N4. The van der Waals surface area contributed by atoms with Crippen molar-refractivity contribution < 1.29 is 0 Å². The van der Waals surface area contributed by atoms with Crippen LogP contribution in [0.25, 0.3) is 22.2 Å². The van der Waals surface area contributed by atoms with Gasteiger partial charge in [0, 0.05) is 35.4 Å². The van der Waals surface area contributed by atoms with Crippen LogP contribution < -0.4 is 5.73 Å². The number of aryl methyl sites for hydroxylation is 1. The molecule has 1 aromatic carbocycles. The number of fused-ring (bicyclic) bond motifs is 1. The summed E-state index contributed by atoms with van der Waals surface area (Å²) in [6.07, 6.45) is 1.77.